The lowest BCUT2D eigenvalue weighted by atomic mass is 10.2. The molecule has 2 rings (SSSR count). The molecule has 1 aromatic carbocycles. The number of hydrogen-bond acceptors (Lipinski definition) is 7. The third kappa shape index (κ3) is 8.02. The van der Waals surface area contributed by atoms with Crippen LogP contribution in [0.4, 0.5) is 10.5 Å². The first-order valence-corrected chi connectivity index (χ1v) is 9.96. The van der Waals surface area contributed by atoms with E-state index in [1.807, 2.05) is 0 Å². The number of phosphoric acid groups is 1. The fourth-order valence-corrected chi connectivity index (χ4v) is 2.63. The second-order valence-corrected chi connectivity index (χ2v) is 7.25. The summed E-state index contributed by atoms with van der Waals surface area (Å²) in [6, 6.07) is 7.11. The maximum absolute atomic E-state index is 12.1. The number of thiocarbonyl (C=S) groups is 1. The number of anilines is 1. The molecule has 0 aliphatic rings. The van der Waals surface area contributed by atoms with Crippen molar-refractivity contribution >= 4 is 54.7 Å². The Labute approximate surface area is 175 Å². The summed E-state index contributed by atoms with van der Waals surface area (Å²) in [5, 5.41) is 6.45. The summed E-state index contributed by atoms with van der Waals surface area (Å²) in [7, 11) is -4.80. The number of hydrazone groups is 1. The van der Waals surface area contributed by atoms with Gasteiger partial charge in [-0.05, 0) is 42.5 Å². The van der Waals surface area contributed by atoms with Crippen molar-refractivity contribution in [2.75, 3.05) is 5.32 Å². The monoisotopic (exact) mass is 459 g/mol. The molecule has 11 nitrogen and oxygen atoms in total. The first-order chi connectivity index (χ1) is 13.6. The summed E-state index contributed by atoms with van der Waals surface area (Å²) in [4.78, 5) is 34.1. The maximum Gasteiger partial charge on any atom is 0.524 e. The van der Waals surface area contributed by atoms with Gasteiger partial charge in [-0.3, -0.25) is 25.5 Å². The van der Waals surface area contributed by atoms with E-state index in [4.69, 9.17) is 31.9 Å². The highest BCUT2D eigenvalue weighted by Crippen LogP contribution is 2.39. The van der Waals surface area contributed by atoms with Crippen molar-refractivity contribution in [1.29, 1.82) is 0 Å². The molecule has 0 aliphatic carbocycles. The van der Waals surface area contributed by atoms with Crippen LogP contribution in [-0.4, -0.2) is 32.2 Å². The molecule has 0 spiro atoms. The molecular weight excluding hydrogens is 445 g/mol. The van der Waals surface area contributed by atoms with Crippen molar-refractivity contribution in [1.82, 2.24) is 10.4 Å². The van der Waals surface area contributed by atoms with Crippen LogP contribution in [0.5, 0.6) is 5.75 Å². The number of aromatic nitrogens is 1. The molecule has 14 heteroatoms. The molecule has 6 N–H and O–H groups in total. The van der Waals surface area contributed by atoms with Crippen LogP contribution in [0.15, 0.2) is 41.6 Å². The van der Waals surface area contributed by atoms with Crippen LogP contribution in [-0.2, 0) is 15.9 Å². The minimum atomic E-state index is -4.80. The molecule has 0 aliphatic heterocycles. The Morgan fingerprint density at radius 1 is 1.41 bits per heavy atom. The highest BCUT2D eigenvalue weighted by molar-refractivity contribution is 7.80. The Morgan fingerprint density at radius 3 is 2.86 bits per heavy atom. The van der Waals surface area contributed by atoms with Crippen LogP contribution in [0.25, 0.3) is 0 Å². The van der Waals surface area contributed by atoms with Gasteiger partial charge in [0.1, 0.15) is 18.1 Å². The van der Waals surface area contributed by atoms with Gasteiger partial charge >= 0.3 is 13.9 Å². The normalized spacial score (nSPS) is 11.1. The van der Waals surface area contributed by atoms with Crippen LogP contribution in [0.3, 0.4) is 0 Å². The Balaban J connectivity index is 2.06. The number of benzene rings is 1. The molecule has 0 bridgehead atoms. The average Bonchev–Trinajstić information content (AvgIpc) is 2.62. The highest BCUT2D eigenvalue weighted by Gasteiger charge is 2.19. The van der Waals surface area contributed by atoms with E-state index >= 15 is 0 Å². The number of rotatable bonds is 7. The van der Waals surface area contributed by atoms with Gasteiger partial charge in [0.25, 0.3) is 0 Å². The topological polar surface area (TPSA) is 168 Å². The van der Waals surface area contributed by atoms with Gasteiger partial charge in [0, 0.05) is 16.8 Å². The Morgan fingerprint density at radius 2 is 2.17 bits per heavy atom. The first kappa shape index (κ1) is 22.5. The largest absolute Gasteiger partial charge is 0.524 e. The summed E-state index contributed by atoms with van der Waals surface area (Å²) in [6.45, 7) is -0.367. The number of carbonyl (C=O) groups excluding carboxylic acids is 1. The molecule has 2 aromatic rings. The van der Waals surface area contributed by atoms with E-state index in [1.54, 1.807) is 12.1 Å². The predicted octanol–water partition coefficient (Wildman–Crippen LogP) is 2.12. The second kappa shape index (κ2) is 10.1. The standard InChI is InChI=1S/C15H15ClN5O6PS/c16-10-3-4-13(27-28(23,24)25)9(6-10)8-26-15(22)20-11-2-1-5-18-12(11)7-19-21-14(17)29/h1-7H,8H2,(H,20,22)(H3,17,21,29)(H2,23,24,25). The Bertz CT molecular complexity index is 985. The number of pyridine rings is 1. The average molecular weight is 460 g/mol. The Hall–Kier alpha value is -2.76. The zero-order valence-electron chi connectivity index (χ0n) is 14.5. The molecule has 1 amide bonds. The molecule has 1 heterocycles. The van der Waals surface area contributed by atoms with Crippen molar-refractivity contribution in [2.24, 2.45) is 10.8 Å². The molecule has 0 saturated heterocycles. The summed E-state index contributed by atoms with van der Waals surface area (Å²) >= 11 is 10.5. The van der Waals surface area contributed by atoms with E-state index in [9.17, 15) is 9.36 Å². The summed E-state index contributed by atoms with van der Waals surface area (Å²) in [5.74, 6) is -0.173. The van der Waals surface area contributed by atoms with Crippen molar-refractivity contribution in [2.45, 2.75) is 6.61 Å². The van der Waals surface area contributed by atoms with Gasteiger partial charge in [0.15, 0.2) is 5.11 Å². The summed E-state index contributed by atoms with van der Waals surface area (Å²) in [5.41, 5.74) is 8.35. The molecule has 29 heavy (non-hydrogen) atoms. The number of amides is 1. The molecule has 1 aromatic heterocycles. The van der Waals surface area contributed by atoms with Crippen LogP contribution in [0.2, 0.25) is 5.02 Å². The number of halogens is 1. The van der Waals surface area contributed by atoms with Crippen molar-refractivity contribution in [3.63, 3.8) is 0 Å². The fourth-order valence-electron chi connectivity index (χ4n) is 1.95. The van der Waals surface area contributed by atoms with E-state index in [1.165, 1.54) is 30.6 Å². The number of nitrogens with one attached hydrogen (secondary N) is 2. The van der Waals surface area contributed by atoms with E-state index in [0.717, 1.165) is 0 Å². The van der Waals surface area contributed by atoms with E-state index < -0.39 is 13.9 Å². The smallest absolute Gasteiger partial charge is 0.444 e. The SMILES string of the molecule is NC(=S)NN=Cc1ncccc1NC(=O)OCc1cc(Cl)ccc1OP(=O)(O)O. The second-order valence-electron chi connectivity index (χ2n) is 5.21. The highest BCUT2D eigenvalue weighted by atomic mass is 35.5. The lowest BCUT2D eigenvalue weighted by Crippen LogP contribution is -2.24. The first-order valence-electron chi connectivity index (χ1n) is 7.65. The van der Waals surface area contributed by atoms with Gasteiger partial charge in [-0.2, -0.15) is 5.10 Å². The summed E-state index contributed by atoms with van der Waals surface area (Å²) < 4.78 is 20.7. The number of nitrogens with two attached hydrogens (primary N) is 1. The molecule has 0 saturated carbocycles. The van der Waals surface area contributed by atoms with E-state index in [2.05, 4.69) is 37.6 Å². The quantitative estimate of drug-likeness (QED) is 0.179. The molecule has 154 valence electrons. The van der Waals surface area contributed by atoms with Gasteiger partial charge < -0.3 is 15.0 Å². The van der Waals surface area contributed by atoms with Crippen molar-refractivity contribution in [3.8, 4) is 5.75 Å². The maximum atomic E-state index is 12.1. The zero-order valence-corrected chi connectivity index (χ0v) is 16.9. The summed E-state index contributed by atoms with van der Waals surface area (Å²) in [6.07, 6.45) is 1.91. The lowest BCUT2D eigenvalue weighted by Gasteiger charge is -2.13. The number of nitrogens with zero attached hydrogens (tertiary/aromatic N) is 2. The minimum Gasteiger partial charge on any atom is -0.444 e. The molecular formula is C15H15ClN5O6PS. The number of phosphoric ester groups is 1. The molecule has 0 fully saturated rings. The fraction of sp³-hybridized carbons (Fsp3) is 0.0667. The minimum absolute atomic E-state index is 0.0408. The third-order valence-corrected chi connectivity index (χ3v) is 3.80. The van der Waals surface area contributed by atoms with Crippen LogP contribution >= 0.6 is 31.6 Å². The van der Waals surface area contributed by atoms with Crippen molar-refractivity contribution < 1.29 is 28.4 Å². The number of carbonyl (C=O) groups is 1. The van der Waals surface area contributed by atoms with Gasteiger partial charge in [-0.25, -0.2) is 9.36 Å². The third-order valence-electron chi connectivity index (χ3n) is 3.04. The van der Waals surface area contributed by atoms with Gasteiger partial charge in [0.2, 0.25) is 0 Å². The van der Waals surface area contributed by atoms with Crippen LogP contribution < -0.4 is 21.0 Å². The van der Waals surface area contributed by atoms with Gasteiger partial charge in [0.05, 0.1) is 11.9 Å². The lowest BCUT2D eigenvalue weighted by molar-refractivity contribution is 0.154. The van der Waals surface area contributed by atoms with Gasteiger partial charge in [-0.1, -0.05) is 11.6 Å². The van der Waals surface area contributed by atoms with Crippen LogP contribution in [0, 0.1) is 0 Å². The van der Waals surface area contributed by atoms with Crippen LogP contribution in [0.1, 0.15) is 11.3 Å². The predicted molar refractivity (Wildman–Crippen MR) is 110 cm³/mol. The van der Waals surface area contributed by atoms with Crippen molar-refractivity contribution in [3.05, 3.63) is 52.8 Å². The molecule has 0 atom stereocenters. The van der Waals surface area contributed by atoms with E-state index in [0.29, 0.717) is 5.69 Å². The Kier molecular flexibility index (Phi) is 7.88. The molecule has 0 unspecified atom stereocenters. The number of hydrogen-bond donors (Lipinski definition) is 5. The van der Waals surface area contributed by atoms with E-state index in [-0.39, 0.29) is 33.7 Å². The zero-order chi connectivity index (χ0) is 21.4. The molecule has 0 radical (unpaired) electrons. The number of ether oxygens (including phenoxy) is 1. The van der Waals surface area contributed by atoms with Gasteiger partial charge in [-0.15, -0.1) is 0 Å².